The highest BCUT2D eigenvalue weighted by molar-refractivity contribution is 5.83. The standard InChI is InChI=1S/C19H29N3O2/c20-15-19(8-4-5-9-19)18(23)21-12-17-14-22(10-11-24-17)13-16-6-2-1-3-7-16/h1-3,6-7,17H,4-5,8-15,20H2,(H,21,23). The second kappa shape index (κ2) is 8.10. The maximum absolute atomic E-state index is 12.6. The number of rotatable bonds is 6. The predicted octanol–water partition coefficient (Wildman–Crippen LogP) is 1.52. The quantitative estimate of drug-likeness (QED) is 0.829. The van der Waals surface area contributed by atoms with Crippen LogP contribution in [-0.2, 0) is 16.1 Å². The third-order valence-electron chi connectivity index (χ3n) is 5.40. The molecular formula is C19H29N3O2. The fourth-order valence-corrected chi connectivity index (χ4v) is 3.86. The van der Waals surface area contributed by atoms with Crippen LogP contribution in [-0.4, -0.2) is 49.7 Å². The largest absolute Gasteiger partial charge is 0.374 e. The van der Waals surface area contributed by atoms with Gasteiger partial charge in [0.1, 0.15) is 0 Å². The van der Waals surface area contributed by atoms with Crippen molar-refractivity contribution in [1.29, 1.82) is 0 Å². The van der Waals surface area contributed by atoms with E-state index in [1.165, 1.54) is 5.56 Å². The van der Waals surface area contributed by atoms with E-state index < -0.39 is 0 Å². The Hall–Kier alpha value is -1.43. The monoisotopic (exact) mass is 331 g/mol. The summed E-state index contributed by atoms with van der Waals surface area (Å²) in [7, 11) is 0. The zero-order valence-electron chi connectivity index (χ0n) is 14.4. The summed E-state index contributed by atoms with van der Waals surface area (Å²) in [4.78, 5) is 14.9. The molecule has 0 aromatic heterocycles. The molecule has 1 amide bonds. The van der Waals surface area contributed by atoms with Crippen molar-refractivity contribution in [1.82, 2.24) is 10.2 Å². The fraction of sp³-hybridized carbons (Fsp3) is 0.632. The minimum absolute atomic E-state index is 0.0580. The zero-order chi connectivity index (χ0) is 16.8. The van der Waals surface area contributed by atoms with Gasteiger partial charge in [0.05, 0.1) is 18.1 Å². The Bertz CT molecular complexity index is 529. The van der Waals surface area contributed by atoms with Gasteiger partial charge < -0.3 is 15.8 Å². The van der Waals surface area contributed by atoms with Crippen LogP contribution >= 0.6 is 0 Å². The van der Waals surface area contributed by atoms with Gasteiger partial charge >= 0.3 is 0 Å². The molecule has 0 bridgehead atoms. The average molecular weight is 331 g/mol. The molecule has 1 aromatic rings. The molecule has 1 heterocycles. The van der Waals surface area contributed by atoms with Crippen LogP contribution < -0.4 is 11.1 Å². The molecule has 1 aliphatic carbocycles. The molecule has 0 spiro atoms. The number of hydrogen-bond donors (Lipinski definition) is 2. The van der Waals surface area contributed by atoms with Crippen LogP contribution in [0, 0.1) is 5.41 Å². The van der Waals surface area contributed by atoms with E-state index in [1.54, 1.807) is 0 Å². The molecule has 1 saturated heterocycles. The van der Waals surface area contributed by atoms with Crippen molar-refractivity contribution in [3.63, 3.8) is 0 Å². The van der Waals surface area contributed by atoms with E-state index in [1.807, 2.05) is 6.07 Å². The third kappa shape index (κ3) is 4.15. The number of carbonyl (C=O) groups is 1. The van der Waals surface area contributed by atoms with Gasteiger partial charge in [-0.15, -0.1) is 0 Å². The van der Waals surface area contributed by atoms with Gasteiger partial charge in [-0.3, -0.25) is 9.69 Å². The van der Waals surface area contributed by atoms with Gasteiger partial charge in [0, 0.05) is 32.7 Å². The van der Waals surface area contributed by atoms with Gasteiger partial charge in [-0.05, 0) is 18.4 Å². The lowest BCUT2D eigenvalue weighted by molar-refractivity contribution is -0.131. The molecule has 24 heavy (non-hydrogen) atoms. The number of carbonyl (C=O) groups excluding carboxylic acids is 1. The van der Waals surface area contributed by atoms with Crippen LogP contribution in [0.15, 0.2) is 30.3 Å². The van der Waals surface area contributed by atoms with Crippen LogP contribution in [0.5, 0.6) is 0 Å². The van der Waals surface area contributed by atoms with E-state index in [0.29, 0.717) is 13.1 Å². The van der Waals surface area contributed by atoms with E-state index in [4.69, 9.17) is 10.5 Å². The second-order valence-corrected chi connectivity index (χ2v) is 7.12. The first-order valence-corrected chi connectivity index (χ1v) is 9.08. The first-order valence-electron chi connectivity index (χ1n) is 9.08. The van der Waals surface area contributed by atoms with Gasteiger partial charge in [-0.2, -0.15) is 0 Å². The van der Waals surface area contributed by atoms with Gasteiger partial charge in [0.15, 0.2) is 0 Å². The lowest BCUT2D eigenvalue weighted by Crippen LogP contribution is -2.50. The minimum atomic E-state index is -0.335. The van der Waals surface area contributed by atoms with E-state index in [9.17, 15) is 4.79 Å². The van der Waals surface area contributed by atoms with E-state index in [2.05, 4.69) is 34.5 Å². The Kier molecular flexibility index (Phi) is 5.87. The number of hydrogen-bond acceptors (Lipinski definition) is 4. The van der Waals surface area contributed by atoms with Crippen LogP contribution in [0.1, 0.15) is 31.2 Å². The smallest absolute Gasteiger partial charge is 0.227 e. The summed E-state index contributed by atoms with van der Waals surface area (Å²) in [6.07, 6.45) is 4.11. The second-order valence-electron chi connectivity index (χ2n) is 7.12. The third-order valence-corrected chi connectivity index (χ3v) is 5.40. The molecule has 132 valence electrons. The van der Waals surface area contributed by atoms with Crippen molar-refractivity contribution in [3.8, 4) is 0 Å². The van der Waals surface area contributed by atoms with Gasteiger partial charge in [0.2, 0.25) is 5.91 Å². The predicted molar refractivity (Wildman–Crippen MR) is 94.4 cm³/mol. The van der Waals surface area contributed by atoms with Crippen molar-refractivity contribution in [3.05, 3.63) is 35.9 Å². The van der Waals surface area contributed by atoms with Crippen LogP contribution in [0.4, 0.5) is 0 Å². The normalized spacial score (nSPS) is 24.0. The highest BCUT2D eigenvalue weighted by Gasteiger charge is 2.39. The molecule has 3 rings (SSSR count). The Morgan fingerprint density at radius 1 is 1.29 bits per heavy atom. The van der Waals surface area contributed by atoms with E-state index >= 15 is 0 Å². The summed E-state index contributed by atoms with van der Waals surface area (Å²) in [6, 6.07) is 10.5. The molecule has 5 heteroatoms. The SMILES string of the molecule is NCC1(C(=O)NCC2CN(Cc3ccccc3)CCO2)CCCC1. The molecule has 1 atom stereocenters. The lowest BCUT2D eigenvalue weighted by Gasteiger charge is -2.34. The number of nitrogens with one attached hydrogen (secondary N) is 1. The summed E-state index contributed by atoms with van der Waals surface area (Å²) >= 11 is 0. The summed E-state index contributed by atoms with van der Waals surface area (Å²) in [6.45, 7) is 4.46. The summed E-state index contributed by atoms with van der Waals surface area (Å²) in [5.41, 5.74) is 6.87. The molecule has 1 aliphatic heterocycles. The highest BCUT2D eigenvalue weighted by Crippen LogP contribution is 2.37. The highest BCUT2D eigenvalue weighted by atomic mass is 16.5. The zero-order valence-corrected chi connectivity index (χ0v) is 14.4. The first-order chi connectivity index (χ1) is 11.7. The van der Waals surface area contributed by atoms with Gasteiger partial charge in [-0.25, -0.2) is 0 Å². The molecule has 0 radical (unpaired) electrons. The molecule has 1 unspecified atom stereocenters. The van der Waals surface area contributed by atoms with Crippen molar-refractivity contribution < 1.29 is 9.53 Å². The topological polar surface area (TPSA) is 67.6 Å². The molecule has 2 aliphatic rings. The first kappa shape index (κ1) is 17.4. The summed E-state index contributed by atoms with van der Waals surface area (Å²) in [5, 5.41) is 3.10. The maximum Gasteiger partial charge on any atom is 0.227 e. The number of morpholine rings is 1. The van der Waals surface area contributed by atoms with Crippen molar-refractivity contribution >= 4 is 5.91 Å². The summed E-state index contributed by atoms with van der Waals surface area (Å²) in [5.74, 6) is 0.117. The van der Waals surface area contributed by atoms with Gasteiger partial charge in [0.25, 0.3) is 0 Å². The summed E-state index contributed by atoms with van der Waals surface area (Å²) < 4.78 is 5.84. The van der Waals surface area contributed by atoms with Crippen LogP contribution in [0.25, 0.3) is 0 Å². The van der Waals surface area contributed by atoms with Gasteiger partial charge in [-0.1, -0.05) is 43.2 Å². The number of nitrogens with two attached hydrogens (primary N) is 1. The van der Waals surface area contributed by atoms with Crippen molar-refractivity contribution in [2.24, 2.45) is 11.1 Å². The molecule has 1 saturated carbocycles. The molecule has 5 nitrogen and oxygen atoms in total. The Labute approximate surface area is 144 Å². The number of benzene rings is 1. The number of nitrogens with zero attached hydrogens (tertiary/aromatic N) is 1. The Balaban J connectivity index is 1.48. The Morgan fingerprint density at radius 3 is 2.75 bits per heavy atom. The molecule has 2 fully saturated rings. The van der Waals surface area contributed by atoms with Crippen molar-refractivity contribution in [2.75, 3.05) is 32.8 Å². The van der Waals surface area contributed by atoms with Crippen LogP contribution in [0.2, 0.25) is 0 Å². The van der Waals surface area contributed by atoms with E-state index in [-0.39, 0.29) is 17.4 Å². The lowest BCUT2D eigenvalue weighted by atomic mass is 9.85. The fourth-order valence-electron chi connectivity index (χ4n) is 3.86. The Morgan fingerprint density at radius 2 is 2.04 bits per heavy atom. The minimum Gasteiger partial charge on any atom is -0.374 e. The van der Waals surface area contributed by atoms with E-state index in [0.717, 1.165) is 51.9 Å². The maximum atomic E-state index is 12.6. The molecule has 1 aromatic carbocycles. The number of amides is 1. The number of ether oxygens (including phenoxy) is 1. The molecule has 3 N–H and O–H groups in total. The van der Waals surface area contributed by atoms with Crippen molar-refractivity contribution in [2.45, 2.75) is 38.3 Å². The van der Waals surface area contributed by atoms with Crippen LogP contribution in [0.3, 0.4) is 0 Å². The average Bonchev–Trinajstić information content (AvgIpc) is 3.11. The molecular weight excluding hydrogens is 302 g/mol.